The summed E-state index contributed by atoms with van der Waals surface area (Å²) in [5.74, 6) is -2.43. The van der Waals surface area contributed by atoms with Gasteiger partial charge in [-0.3, -0.25) is 9.59 Å². The Morgan fingerprint density at radius 2 is 1.65 bits per heavy atom. The smallest absolute Gasteiger partial charge is 0.369 e. The number of primary amides is 2. The van der Waals surface area contributed by atoms with Gasteiger partial charge in [-0.15, -0.1) is 0 Å². The van der Waals surface area contributed by atoms with Crippen LogP contribution in [0.1, 0.15) is 64.7 Å². The fourth-order valence-electron chi connectivity index (χ4n) is 4.73. The molecule has 1 atom stereocenters. The molecular weight excluding hydrogens is 407 g/mol. The van der Waals surface area contributed by atoms with Crippen LogP contribution in [0.15, 0.2) is 42.5 Å². The fourth-order valence-corrected chi connectivity index (χ4v) is 4.73. The lowest BCUT2D eigenvalue weighted by Gasteiger charge is -2.42. The van der Waals surface area contributed by atoms with Crippen LogP contribution in [-0.2, 0) is 16.4 Å². The van der Waals surface area contributed by atoms with Crippen LogP contribution in [0.25, 0.3) is 0 Å². The molecule has 31 heavy (non-hydrogen) atoms. The number of nitriles is 1. The van der Waals surface area contributed by atoms with Gasteiger partial charge in [-0.1, -0.05) is 37.5 Å². The van der Waals surface area contributed by atoms with E-state index in [0.29, 0.717) is 18.9 Å². The molecule has 0 spiro atoms. The highest BCUT2D eigenvalue weighted by molar-refractivity contribution is 5.95. The summed E-state index contributed by atoms with van der Waals surface area (Å²) < 4.78 is 42.5. The molecule has 5 nitrogen and oxygen atoms in total. The molecule has 1 aliphatic rings. The molecule has 0 saturated heterocycles. The molecular formula is C23H22F3N3O2. The Labute approximate surface area is 177 Å². The maximum absolute atomic E-state index is 14.2. The average Bonchev–Trinajstić information content (AvgIpc) is 2.74. The standard InChI is InChI=1S/C23H22F3N3O2/c24-23(25,26)19-12-15(20(28)30)9-10-18(19)22(21(29)31,16-6-2-1-3-7-16)17-8-4-5-14(11-17)13-27/h4-5,8-12,16H,1-3,6-7H2,(H2,28,30)(H2,29,31). The molecule has 1 unspecified atom stereocenters. The van der Waals surface area contributed by atoms with E-state index in [-0.39, 0.29) is 22.3 Å². The SMILES string of the molecule is N#Cc1cccc(C(C(N)=O)(c2ccc(C(N)=O)cc2C(F)(F)F)C2CCCCC2)c1. The van der Waals surface area contributed by atoms with Crippen LogP contribution in [0.3, 0.4) is 0 Å². The van der Waals surface area contributed by atoms with Crippen molar-refractivity contribution in [1.82, 2.24) is 0 Å². The van der Waals surface area contributed by atoms with Crippen LogP contribution in [0.5, 0.6) is 0 Å². The Bertz CT molecular complexity index is 1050. The van der Waals surface area contributed by atoms with Gasteiger partial charge in [-0.05, 0) is 54.2 Å². The van der Waals surface area contributed by atoms with E-state index >= 15 is 0 Å². The van der Waals surface area contributed by atoms with E-state index in [1.54, 1.807) is 0 Å². The van der Waals surface area contributed by atoms with Crippen LogP contribution in [0.2, 0.25) is 0 Å². The molecule has 4 N–H and O–H groups in total. The molecule has 0 bridgehead atoms. The molecule has 1 aliphatic carbocycles. The summed E-state index contributed by atoms with van der Waals surface area (Å²) in [7, 11) is 0. The molecule has 162 valence electrons. The molecule has 0 aliphatic heterocycles. The van der Waals surface area contributed by atoms with Gasteiger partial charge in [0, 0.05) is 5.56 Å². The van der Waals surface area contributed by atoms with Gasteiger partial charge in [0.05, 0.1) is 17.2 Å². The summed E-state index contributed by atoms with van der Waals surface area (Å²) >= 11 is 0. The predicted molar refractivity (Wildman–Crippen MR) is 108 cm³/mol. The second kappa shape index (κ2) is 8.42. The van der Waals surface area contributed by atoms with Gasteiger partial charge in [0.15, 0.2) is 0 Å². The van der Waals surface area contributed by atoms with Crippen LogP contribution in [-0.4, -0.2) is 11.8 Å². The minimum Gasteiger partial charge on any atom is -0.369 e. The summed E-state index contributed by atoms with van der Waals surface area (Å²) in [6.07, 6.45) is -1.43. The van der Waals surface area contributed by atoms with E-state index in [4.69, 9.17) is 11.5 Å². The molecule has 0 aromatic heterocycles. The van der Waals surface area contributed by atoms with Crippen LogP contribution >= 0.6 is 0 Å². The maximum Gasteiger partial charge on any atom is 0.416 e. The summed E-state index contributed by atoms with van der Waals surface area (Å²) in [6.45, 7) is 0. The molecule has 1 fully saturated rings. The van der Waals surface area contributed by atoms with E-state index in [1.807, 2.05) is 6.07 Å². The van der Waals surface area contributed by atoms with Crippen molar-refractivity contribution in [2.45, 2.75) is 43.7 Å². The van der Waals surface area contributed by atoms with E-state index in [1.165, 1.54) is 30.3 Å². The lowest BCUT2D eigenvalue weighted by Crippen LogP contribution is -2.50. The second-order valence-electron chi connectivity index (χ2n) is 7.82. The molecule has 0 radical (unpaired) electrons. The number of carbonyl (C=O) groups is 2. The van der Waals surface area contributed by atoms with Gasteiger partial charge >= 0.3 is 6.18 Å². The molecule has 0 heterocycles. The molecule has 2 amide bonds. The van der Waals surface area contributed by atoms with Crippen LogP contribution < -0.4 is 11.5 Å². The Morgan fingerprint density at radius 1 is 0.968 bits per heavy atom. The highest BCUT2D eigenvalue weighted by Crippen LogP contribution is 2.49. The third kappa shape index (κ3) is 4.00. The monoisotopic (exact) mass is 429 g/mol. The zero-order chi connectivity index (χ0) is 22.8. The number of hydrogen-bond donors (Lipinski definition) is 2. The van der Waals surface area contributed by atoms with E-state index < -0.39 is 34.9 Å². The minimum atomic E-state index is -4.86. The van der Waals surface area contributed by atoms with Gasteiger partial charge in [0.2, 0.25) is 11.8 Å². The van der Waals surface area contributed by atoms with Gasteiger partial charge in [0.1, 0.15) is 5.41 Å². The first-order chi connectivity index (χ1) is 14.6. The van der Waals surface area contributed by atoms with Crippen molar-refractivity contribution in [3.8, 4) is 6.07 Å². The molecule has 2 aromatic rings. The summed E-state index contributed by atoms with van der Waals surface area (Å²) in [4.78, 5) is 24.7. The quantitative estimate of drug-likeness (QED) is 0.749. The number of benzene rings is 2. The van der Waals surface area contributed by atoms with E-state index in [2.05, 4.69) is 0 Å². The number of rotatable bonds is 5. The maximum atomic E-state index is 14.2. The lowest BCUT2D eigenvalue weighted by molar-refractivity contribution is -0.139. The number of amides is 2. The van der Waals surface area contributed by atoms with Gasteiger partial charge in [-0.25, -0.2) is 0 Å². The summed E-state index contributed by atoms with van der Waals surface area (Å²) in [6, 6.07) is 10.9. The van der Waals surface area contributed by atoms with Crippen molar-refractivity contribution >= 4 is 11.8 Å². The average molecular weight is 429 g/mol. The van der Waals surface area contributed by atoms with Crippen molar-refractivity contribution in [1.29, 1.82) is 5.26 Å². The van der Waals surface area contributed by atoms with Gasteiger partial charge in [-0.2, -0.15) is 18.4 Å². The van der Waals surface area contributed by atoms with Gasteiger partial charge in [0.25, 0.3) is 0 Å². The highest BCUT2D eigenvalue weighted by atomic mass is 19.4. The summed E-state index contributed by atoms with van der Waals surface area (Å²) in [5, 5.41) is 9.33. The lowest BCUT2D eigenvalue weighted by atomic mass is 9.60. The number of nitrogens with two attached hydrogens (primary N) is 2. The van der Waals surface area contributed by atoms with Crippen LogP contribution in [0.4, 0.5) is 13.2 Å². The number of hydrogen-bond acceptors (Lipinski definition) is 3. The van der Waals surface area contributed by atoms with E-state index in [0.717, 1.165) is 25.3 Å². The zero-order valence-electron chi connectivity index (χ0n) is 16.7. The molecule has 3 rings (SSSR count). The number of halogens is 3. The van der Waals surface area contributed by atoms with E-state index in [9.17, 15) is 28.0 Å². The molecule has 2 aromatic carbocycles. The van der Waals surface area contributed by atoms with Crippen molar-refractivity contribution in [2.75, 3.05) is 0 Å². The van der Waals surface area contributed by atoms with Crippen molar-refractivity contribution < 1.29 is 22.8 Å². The van der Waals surface area contributed by atoms with Crippen LogP contribution in [0, 0.1) is 17.2 Å². The number of nitrogens with zero attached hydrogens (tertiary/aromatic N) is 1. The Balaban J connectivity index is 2.42. The third-order valence-corrected chi connectivity index (χ3v) is 6.09. The fraction of sp³-hybridized carbons (Fsp3) is 0.348. The third-order valence-electron chi connectivity index (χ3n) is 6.09. The summed E-state index contributed by atoms with van der Waals surface area (Å²) in [5.41, 5.74) is 7.96. The topological polar surface area (TPSA) is 110 Å². The molecule has 8 heteroatoms. The first-order valence-corrected chi connectivity index (χ1v) is 9.94. The van der Waals surface area contributed by atoms with Crippen molar-refractivity contribution in [3.63, 3.8) is 0 Å². The highest BCUT2D eigenvalue weighted by Gasteiger charge is 2.51. The number of alkyl halides is 3. The molecule has 1 saturated carbocycles. The second-order valence-corrected chi connectivity index (χ2v) is 7.82. The normalized spacial score (nSPS) is 16.8. The number of carbonyl (C=O) groups excluding carboxylic acids is 2. The van der Waals surface area contributed by atoms with Crippen molar-refractivity contribution in [2.24, 2.45) is 17.4 Å². The first-order valence-electron chi connectivity index (χ1n) is 9.94. The Hall–Kier alpha value is -3.34. The Morgan fingerprint density at radius 3 is 2.19 bits per heavy atom. The van der Waals surface area contributed by atoms with Crippen molar-refractivity contribution in [3.05, 3.63) is 70.3 Å². The predicted octanol–water partition coefficient (Wildman–Crippen LogP) is 4.03. The van der Waals surface area contributed by atoms with Gasteiger partial charge < -0.3 is 11.5 Å². The first kappa shape index (κ1) is 22.3. The Kier molecular flexibility index (Phi) is 6.07. The minimum absolute atomic E-state index is 0.209. The zero-order valence-corrected chi connectivity index (χ0v) is 16.7. The largest absolute Gasteiger partial charge is 0.416 e.